The molecule has 0 aliphatic heterocycles. The predicted molar refractivity (Wildman–Crippen MR) is 71.2 cm³/mol. The molecule has 1 aromatic carbocycles. The zero-order chi connectivity index (χ0) is 13.0. The average Bonchev–Trinajstić information content (AvgIpc) is 3.21. The minimum Gasteiger partial charge on any atom is -0.464 e. The number of rotatable bonds is 6. The van der Waals surface area contributed by atoms with E-state index in [9.17, 15) is 4.79 Å². The van der Waals surface area contributed by atoms with Crippen molar-refractivity contribution < 1.29 is 9.53 Å². The van der Waals surface area contributed by atoms with Crippen molar-refractivity contribution in [2.75, 3.05) is 13.2 Å². The molecule has 1 aliphatic carbocycles. The maximum Gasteiger partial charge on any atom is 0.330 e. The van der Waals surface area contributed by atoms with E-state index in [2.05, 4.69) is 5.32 Å². The Morgan fingerprint density at radius 1 is 1.39 bits per heavy atom. The van der Waals surface area contributed by atoms with Gasteiger partial charge in [0.05, 0.1) is 6.61 Å². The molecule has 18 heavy (non-hydrogen) atoms. The molecule has 0 bridgehead atoms. The van der Waals surface area contributed by atoms with Gasteiger partial charge >= 0.3 is 5.97 Å². The minimum absolute atomic E-state index is 0.197. The van der Waals surface area contributed by atoms with E-state index in [-0.39, 0.29) is 5.97 Å². The summed E-state index contributed by atoms with van der Waals surface area (Å²) in [5, 5.41) is 3.38. The van der Waals surface area contributed by atoms with E-state index in [1.807, 2.05) is 44.2 Å². The average molecular weight is 247 g/mol. The number of hydrogen-bond donors (Lipinski definition) is 1. The van der Waals surface area contributed by atoms with Crippen molar-refractivity contribution >= 4 is 5.97 Å². The van der Waals surface area contributed by atoms with Crippen LogP contribution in [0.2, 0.25) is 0 Å². The molecule has 1 fully saturated rings. The lowest BCUT2D eigenvalue weighted by Gasteiger charge is -2.29. The van der Waals surface area contributed by atoms with Crippen LogP contribution in [0.1, 0.15) is 32.3 Å². The van der Waals surface area contributed by atoms with E-state index >= 15 is 0 Å². The Bertz CT molecular complexity index is 400. The van der Waals surface area contributed by atoms with Gasteiger partial charge in [-0.05, 0) is 44.7 Å². The SMILES string of the molecule is CCOC(=O)C(C)(NCC1CC1)c1ccccc1. The van der Waals surface area contributed by atoms with Crippen molar-refractivity contribution in [2.45, 2.75) is 32.2 Å². The largest absolute Gasteiger partial charge is 0.464 e. The minimum atomic E-state index is -0.736. The lowest BCUT2D eigenvalue weighted by molar-refractivity contribution is -0.151. The molecular weight excluding hydrogens is 226 g/mol. The fraction of sp³-hybridized carbons (Fsp3) is 0.533. The zero-order valence-corrected chi connectivity index (χ0v) is 11.1. The number of carbonyl (C=O) groups is 1. The van der Waals surface area contributed by atoms with Crippen LogP contribution >= 0.6 is 0 Å². The molecule has 98 valence electrons. The van der Waals surface area contributed by atoms with Crippen LogP contribution in [0.5, 0.6) is 0 Å². The van der Waals surface area contributed by atoms with Crippen LogP contribution in [-0.4, -0.2) is 19.1 Å². The summed E-state index contributed by atoms with van der Waals surface area (Å²) < 4.78 is 5.21. The topological polar surface area (TPSA) is 38.3 Å². The van der Waals surface area contributed by atoms with Gasteiger partial charge in [0.25, 0.3) is 0 Å². The van der Waals surface area contributed by atoms with Gasteiger partial charge < -0.3 is 4.74 Å². The standard InChI is InChI=1S/C15H21NO2/c1-3-18-14(17)15(2,16-11-12-9-10-12)13-7-5-4-6-8-13/h4-8,12,16H,3,9-11H2,1-2H3. The van der Waals surface area contributed by atoms with Crippen LogP contribution in [0.3, 0.4) is 0 Å². The summed E-state index contributed by atoms with van der Waals surface area (Å²) in [6.45, 7) is 5.03. The summed E-state index contributed by atoms with van der Waals surface area (Å²) in [6, 6.07) is 9.79. The fourth-order valence-corrected chi connectivity index (χ4v) is 2.01. The molecule has 1 aromatic rings. The molecule has 0 heterocycles. The van der Waals surface area contributed by atoms with E-state index in [0.29, 0.717) is 6.61 Å². The highest BCUT2D eigenvalue weighted by Crippen LogP contribution is 2.30. The van der Waals surface area contributed by atoms with Crippen LogP contribution in [-0.2, 0) is 15.1 Å². The second kappa shape index (κ2) is 5.53. The van der Waals surface area contributed by atoms with Crippen LogP contribution < -0.4 is 5.32 Å². The van der Waals surface area contributed by atoms with Gasteiger partial charge in [-0.25, -0.2) is 4.79 Å². The summed E-state index contributed by atoms with van der Waals surface area (Å²) in [4.78, 5) is 12.2. The van der Waals surface area contributed by atoms with Gasteiger partial charge in [-0.3, -0.25) is 5.32 Å². The van der Waals surface area contributed by atoms with Gasteiger partial charge in [-0.15, -0.1) is 0 Å². The lowest BCUT2D eigenvalue weighted by Crippen LogP contribution is -2.48. The summed E-state index contributed by atoms with van der Waals surface area (Å²) in [6.07, 6.45) is 2.53. The first kappa shape index (κ1) is 13.1. The van der Waals surface area contributed by atoms with Gasteiger partial charge in [-0.1, -0.05) is 30.3 Å². The van der Waals surface area contributed by atoms with Gasteiger partial charge in [0, 0.05) is 0 Å². The van der Waals surface area contributed by atoms with Crippen LogP contribution in [0, 0.1) is 5.92 Å². The molecule has 0 radical (unpaired) electrons. The van der Waals surface area contributed by atoms with Gasteiger partial charge in [0.1, 0.15) is 5.54 Å². The highest BCUT2D eigenvalue weighted by Gasteiger charge is 2.37. The highest BCUT2D eigenvalue weighted by molar-refractivity contribution is 5.82. The second-order valence-electron chi connectivity index (χ2n) is 5.04. The Morgan fingerprint density at radius 3 is 2.61 bits per heavy atom. The van der Waals surface area contributed by atoms with E-state index in [4.69, 9.17) is 4.74 Å². The molecule has 0 amide bonds. The van der Waals surface area contributed by atoms with Crippen molar-refractivity contribution in [1.29, 1.82) is 0 Å². The fourth-order valence-electron chi connectivity index (χ4n) is 2.01. The third kappa shape index (κ3) is 2.91. The smallest absolute Gasteiger partial charge is 0.330 e. The van der Waals surface area contributed by atoms with E-state index in [0.717, 1.165) is 18.0 Å². The number of carbonyl (C=O) groups excluding carboxylic acids is 1. The number of benzene rings is 1. The maximum atomic E-state index is 12.2. The second-order valence-corrected chi connectivity index (χ2v) is 5.04. The summed E-state index contributed by atoms with van der Waals surface area (Å²) in [5.41, 5.74) is 0.226. The third-order valence-corrected chi connectivity index (χ3v) is 3.48. The van der Waals surface area contributed by atoms with Crippen molar-refractivity contribution in [3.63, 3.8) is 0 Å². The molecule has 1 aliphatic rings. The molecule has 0 saturated heterocycles. The van der Waals surface area contributed by atoms with E-state index in [1.165, 1.54) is 12.8 Å². The molecule has 0 aromatic heterocycles. The Hall–Kier alpha value is -1.35. The van der Waals surface area contributed by atoms with E-state index < -0.39 is 5.54 Å². The van der Waals surface area contributed by atoms with Crippen molar-refractivity contribution in [3.05, 3.63) is 35.9 Å². The van der Waals surface area contributed by atoms with Gasteiger partial charge in [0.15, 0.2) is 0 Å². The Morgan fingerprint density at radius 2 is 2.06 bits per heavy atom. The van der Waals surface area contributed by atoms with Crippen LogP contribution in [0.15, 0.2) is 30.3 Å². The van der Waals surface area contributed by atoms with Crippen LogP contribution in [0.4, 0.5) is 0 Å². The summed E-state index contributed by atoms with van der Waals surface area (Å²) >= 11 is 0. The first-order valence-electron chi connectivity index (χ1n) is 6.64. The lowest BCUT2D eigenvalue weighted by atomic mass is 9.92. The summed E-state index contributed by atoms with van der Waals surface area (Å²) in [5.74, 6) is 0.527. The zero-order valence-electron chi connectivity index (χ0n) is 11.1. The Labute approximate surface area is 109 Å². The van der Waals surface area contributed by atoms with Crippen molar-refractivity contribution in [2.24, 2.45) is 5.92 Å². The molecule has 1 N–H and O–H groups in total. The van der Waals surface area contributed by atoms with Crippen LogP contribution in [0.25, 0.3) is 0 Å². The molecule has 1 unspecified atom stereocenters. The predicted octanol–water partition coefficient (Wildman–Crippen LogP) is 2.46. The van der Waals surface area contributed by atoms with Gasteiger partial charge in [-0.2, -0.15) is 0 Å². The third-order valence-electron chi connectivity index (χ3n) is 3.48. The molecule has 2 rings (SSSR count). The molecule has 3 nitrogen and oxygen atoms in total. The molecular formula is C15H21NO2. The Balaban J connectivity index is 2.17. The molecule has 1 saturated carbocycles. The quantitative estimate of drug-likeness (QED) is 0.785. The first-order valence-corrected chi connectivity index (χ1v) is 6.64. The Kier molecular flexibility index (Phi) is 4.02. The maximum absolute atomic E-state index is 12.2. The summed E-state index contributed by atoms with van der Waals surface area (Å²) in [7, 11) is 0. The highest BCUT2D eigenvalue weighted by atomic mass is 16.5. The number of esters is 1. The number of ether oxygens (including phenoxy) is 1. The molecule has 0 spiro atoms. The molecule has 1 atom stereocenters. The van der Waals surface area contributed by atoms with Crippen molar-refractivity contribution in [1.82, 2.24) is 5.32 Å². The number of hydrogen-bond acceptors (Lipinski definition) is 3. The normalized spacial score (nSPS) is 18.1. The monoisotopic (exact) mass is 247 g/mol. The van der Waals surface area contributed by atoms with Gasteiger partial charge in [0.2, 0.25) is 0 Å². The first-order chi connectivity index (χ1) is 8.66. The molecule has 3 heteroatoms. The van der Waals surface area contributed by atoms with E-state index in [1.54, 1.807) is 0 Å². The number of nitrogens with one attached hydrogen (secondary N) is 1. The van der Waals surface area contributed by atoms with Crippen molar-refractivity contribution in [3.8, 4) is 0 Å².